The van der Waals surface area contributed by atoms with E-state index in [2.05, 4.69) is 37.6 Å². The van der Waals surface area contributed by atoms with Gasteiger partial charge in [0.1, 0.15) is 5.75 Å². The van der Waals surface area contributed by atoms with Crippen molar-refractivity contribution in [3.05, 3.63) is 58.9 Å². The summed E-state index contributed by atoms with van der Waals surface area (Å²) in [5, 5.41) is 5.15. The Hall–Kier alpha value is -5.47. The van der Waals surface area contributed by atoms with Gasteiger partial charge in [-0.3, -0.25) is 38.1 Å². The Kier molecular flexibility index (Phi) is 17.5. The molecule has 20 nitrogen and oxygen atoms in total. The van der Waals surface area contributed by atoms with Gasteiger partial charge in [-0.05, 0) is 62.7 Å². The number of imide groups is 1. The predicted molar refractivity (Wildman–Crippen MR) is 200 cm³/mol. The average molecular weight is 837 g/mol. The number of amides is 5. The Balaban J connectivity index is 1.42. The number of carbonyl (C=O) groups is 6. The van der Waals surface area contributed by atoms with Gasteiger partial charge in [0, 0.05) is 68.7 Å². The predicted octanol–water partition coefficient (Wildman–Crippen LogP) is -0.693. The van der Waals surface area contributed by atoms with E-state index in [0.717, 1.165) is 29.1 Å². The minimum atomic E-state index is -5.19. The monoisotopic (exact) mass is 836 g/mol. The molecule has 5 amide bonds. The Morgan fingerprint density at radius 3 is 2.05 bits per heavy atom. The number of rotatable bonds is 21. The first kappa shape index (κ1) is 45.9. The molecule has 2 aromatic rings. The fraction of sp³-hybridized carbons (Fsp3) is 0.457. The molecule has 1 aromatic carbocycles. The number of hydroxylamine groups is 2. The summed E-state index contributed by atoms with van der Waals surface area (Å²) in [7, 11) is -10.3. The lowest BCUT2D eigenvalue weighted by atomic mass is 10.1. The summed E-state index contributed by atoms with van der Waals surface area (Å²) in [4.78, 5) is 81.5. The van der Waals surface area contributed by atoms with Gasteiger partial charge in [0.15, 0.2) is 10.5 Å². The molecule has 0 spiro atoms. The second-order valence-electron chi connectivity index (χ2n) is 12.5. The molecule has 22 heteroatoms. The summed E-state index contributed by atoms with van der Waals surface area (Å²) in [6.07, 6.45) is -1.01. The molecule has 0 bridgehead atoms. The van der Waals surface area contributed by atoms with Crippen LogP contribution in [0.1, 0.15) is 68.0 Å². The van der Waals surface area contributed by atoms with Crippen LogP contribution < -0.4 is 26.0 Å². The zero-order valence-corrected chi connectivity index (χ0v) is 32.7. The van der Waals surface area contributed by atoms with Gasteiger partial charge in [-0.1, -0.05) is 18.8 Å². The molecule has 0 saturated carbocycles. The van der Waals surface area contributed by atoms with E-state index in [4.69, 9.17) is 4.74 Å². The minimum absolute atomic E-state index is 0.0932. The second kappa shape index (κ2) is 21.7. The van der Waals surface area contributed by atoms with Crippen molar-refractivity contribution in [1.82, 2.24) is 31.3 Å². The number of hydrogen-bond acceptors (Lipinski definition) is 14. The molecule has 1 aliphatic rings. The summed E-state index contributed by atoms with van der Waals surface area (Å²) in [6.45, 7) is 3.25. The molecule has 310 valence electrons. The van der Waals surface area contributed by atoms with Gasteiger partial charge in [0.2, 0.25) is 17.7 Å². The van der Waals surface area contributed by atoms with Crippen molar-refractivity contribution >= 4 is 55.7 Å². The summed E-state index contributed by atoms with van der Waals surface area (Å²) in [5.74, 6) is 0.726. The highest BCUT2D eigenvalue weighted by atomic mass is 32.2. The van der Waals surface area contributed by atoms with Crippen LogP contribution in [0.2, 0.25) is 0 Å². The van der Waals surface area contributed by atoms with Crippen molar-refractivity contribution in [1.29, 1.82) is 0 Å². The third-order valence-electron chi connectivity index (χ3n) is 7.89. The van der Waals surface area contributed by atoms with Gasteiger partial charge in [0.25, 0.3) is 32.1 Å². The van der Waals surface area contributed by atoms with E-state index < -0.39 is 92.2 Å². The van der Waals surface area contributed by atoms with E-state index in [0.29, 0.717) is 17.4 Å². The number of hydrogen-bond donors (Lipinski definition) is 6. The van der Waals surface area contributed by atoms with Gasteiger partial charge in [-0.25, -0.2) is 4.79 Å². The molecule has 2 atom stereocenters. The fourth-order valence-electron chi connectivity index (χ4n) is 4.99. The van der Waals surface area contributed by atoms with Crippen molar-refractivity contribution in [3.63, 3.8) is 0 Å². The van der Waals surface area contributed by atoms with Crippen LogP contribution in [0.15, 0.2) is 36.4 Å². The average Bonchev–Trinajstić information content (AvgIpc) is 3.44. The zero-order valence-electron chi connectivity index (χ0n) is 31.1. The molecular weight excluding hydrogens is 793 g/mol. The maximum Gasteiger partial charge on any atom is 0.333 e. The first-order valence-electron chi connectivity index (χ1n) is 17.6. The number of carbonyl (C=O) groups excluding carboxylic acids is 6. The molecular formula is C35H44N6O14S2. The van der Waals surface area contributed by atoms with E-state index in [9.17, 15) is 54.7 Å². The highest BCUT2D eigenvalue weighted by molar-refractivity contribution is 7.87. The summed E-state index contributed by atoms with van der Waals surface area (Å²) in [6, 6.07) is 10.7. The summed E-state index contributed by atoms with van der Waals surface area (Å²) >= 11 is 0. The van der Waals surface area contributed by atoms with Crippen LogP contribution in [0.5, 0.6) is 5.75 Å². The van der Waals surface area contributed by atoms with Gasteiger partial charge in [-0.15, -0.1) is 5.06 Å². The molecule has 2 heterocycles. The van der Waals surface area contributed by atoms with Crippen LogP contribution in [-0.2, 0) is 60.4 Å². The molecule has 3 rings (SSSR count). The molecule has 1 saturated heterocycles. The lowest BCUT2D eigenvalue weighted by Crippen LogP contribution is -2.52. The molecule has 1 fully saturated rings. The van der Waals surface area contributed by atoms with E-state index in [-0.39, 0.29) is 38.8 Å². The number of benzene rings is 1. The Morgan fingerprint density at radius 2 is 1.44 bits per heavy atom. The third-order valence-corrected chi connectivity index (χ3v) is 10.1. The Morgan fingerprint density at radius 1 is 0.842 bits per heavy atom. The molecule has 6 N–H and O–H groups in total. The molecule has 1 aromatic heterocycles. The van der Waals surface area contributed by atoms with E-state index in [1.165, 1.54) is 0 Å². The van der Waals surface area contributed by atoms with Crippen molar-refractivity contribution in [2.45, 2.75) is 69.4 Å². The number of pyridine rings is 1. The number of ether oxygens (including phenoxy) is 1. The highest BCUT2D eigenvalue weighted by Gasteiger charge is 2.36. The molecule has 2 unspecified atom stereocenters. The first-order chi connectivity index (χ1) is 26.9. The Labute approximate surface area is 329 Å². The topological polar surface area (TPSA) is 294 Å². The SMILES string of the molecule is CCNCc1cc(C#Cc2ccc(OCCCNC(=O)C(CNC(=O)C(CNC(=O)CCCC(=O)ON3C(=O)CCC3=O)S(=O)(=O)O)S(=O)(=O)O)cc2)cc(C)n1. The van der Waals surface area contributed by atoms with Gasteiger partial charge >= 0.3 is 5.97 Å². The molecule has 0 aliphatic carbocycles. The summed E-state index contributed by atoms with van der Waals surface area (Å²) in [5.41, 5.74) is 3.31. The minimum Gasteiger partial charge on any atom is -0.494 e. The van der Waals surface area contributed by atoms with Crippen LogP contribution in [0.25, 0.3) is 0 Å². The van der Waals surface area contributed by atoms with E-state index >= 15 is 0 Å². The van der Waals surface area contributed by atoms with Crippen molar-refractivity contribution in [3.8, 4) is 17.6 Å². The van der Waals surface area contributed by atoms with Crippen molar-refractivity contribution in [2.75, 3.05) is 32.8 Å². The number of aryl methyl sites for hydroxylation is 1. The molecule has 57 heavy (non-hydrogen) atoms. The largest absolute Gasteiger partial charge is 0.494 e. The quantitative estimate of drug-likeness (QED) is 0.0392. The van der Waals surface area contributed by atoms with Crippen LogP contribution in [-0.4, -0.2) is 115 Å². The normalized spacial score (nSPS) is 13.9. The zero-order chi connectivity index (χ0) is 42.2. The maximum atomic E-state index is 12.6. The standard InChI is InChI=1S/C35H44N6O14S2/c1-3-36-20-26-19-25(18-23(2)40-26)9-8-24-10-12-27(13-11-24)54-17-5-16-37-34(46)29(57(51,52)53)22-39-35(47)28(56(48,49)50)21-38-30(42)6-4-7-33(45)55-41-31(43)14-15-32(41)44/h10-13,18-19,28-29,36H,3-7,14-17,20-22H2,1-2H3,(H,37,46)(H,38,42)(H,39,47)(H,48,49,50)(H,51,52,53). The van der Waals surface area contributed by atoms with Gasteiger partial charge in [0.05, 0.1) is 12.3 Å². The van der Waals surface area contributed by atoms with E-state index in [1.54, 1.807) is 24.3 Å². The maximum absolute atomic E-state index is 12.6. The lowest BCUT2D eigenvalue weighted by molar-refractivity contribution is -0.197. The van der Waals surface area contributed by atoms with Crippen LogP contribution in [0.4, 0.5) is 0 Å². The number of nitrogens with one attached hydrogen (secondary N) is 4. The van der Waals surface area contributed by atoms with Crippen LogP contribution in [0, 0.1) is 18.8 Å². The first-order valence-corrected chi connectivity index (χ1v) is 20.6. The molecule has 0 radical (unpaired) electrons. The van der Waals surface area contributed by atoms with E-state index in [1.807, 2.05) is 31.3 Å². The van der Waals surface area contributed by atoms with Crippen molar-refractivity contribution < 1.29 is 64.3 Å². The van der Waals surface area contributed by atoms with Gasteiger partial charge < -0.3 is 30.8 Å². The highest BCUT2D eigenvalue weighted by Crippen LogP contribution is 2.14. The fourth-order valence-corrected chi connectivity index (χ4v) is 6.28. The summed E-state index contributed by atoms with van der Waals surface area (Å²) < 4.78 is 72.5. The van der Waals surface area contributed by atoms with Crippen molar-refractivity contribution in [2.24, 2.45) is 0 Å². The lowest BCUT2D eigenvalue weighted by Gasteiger charge is -2.18. The number of aromatic nitrogens is 1. The van der Waals surface area contributed by atoms with Gasteiger partial charge in [-0.2, -0.15) is 16.8 Å². The van der Waals surface area contributed by atoms with Crippen LogP contribution >= 0.6 is 0 Å². The van der Waals surface area contributed by atoms with Crippen LogP contribution in [0.3, 0.4) is 0 Å². The number of nitrogens with zero attached hydrogens (tertiary/aromatic N) is 2. The second-order valence-corrected chi connectivity index (χ2v) is 15.7. The molecule has 1 aliphatic heterocycles. The third kappa shape index (κ3) is 15.9. The smallest absolute Gasteiger partial charge is 0.333 e. The Bertz CT molecular complexity index is 2070.